The number of likely N-dealkylation sites (N-methyl/N-ethyl adjacent to an activating group) is 1. The Hall–Kier alpha value is -3.13. The van der Waals surface area contributed by atoms with Crippen LogP contribution in [-0.4, -0.2) is 53.3 Å². The molecule has 0 spiro atoms. The predicted octanol–water partition coefficient (Wildman–Crippen LogP) is 3.83. The lowest BCUT2D eigenvalue weighted by molar-refractivity contribution is -0.385. The summed E-state index contributed by atoms with van der Waals surface area (Å²) in [6, 6.07) is 8.90. The molecule has 9 heteroatoms. The van der Waals surface area contributed by atoms with Crippen molar-refractivity contribution in [3.05, 3.63) is 68.2 Å². The number of nitro groups is 1. The quantitative estimate of drug-likeness (QED) is 0.497. The summed E-state index contributed by atoms with van der Waals surface area (Å²) in [5.74, 6) is 0.152. The number of benzene rings is 2. The normalized spacial score (nSPS) is 15.6. The standard InChI is InChI=1S/C22H24ClN3O5/c1-14-11-15(6-8-18(14)26(29)30)21(27)25-10-4-5-19(25)22(28)24(2)13-16-12-17(23)7-9-20(16)31-3/h6-9,11-12,19H,4-5,10,13H2,1-3H3/t19-/m0/s1. The van der Waals surface area contributed by atoms with E-state index in [1.807, 2.05) is 0 Å². The van der Waals surface area contributed by atoms with Gasteiger partial charge >= 0.3 is 0 Å². The number of carbonyl (C=O) groups is 2. The minimum Gasteiger partial charge on any atom is -0.496 e. The van der Waals surface area contributed by atoms with Crippen molar-refractivity contribution < 1.29 is 19.2 Å². The molecular weight excluding hydrogens is 422 g/mol. The van der Waals surface area contributed by atoms with Gasteiger partial charge in [-0.05, 0) is 50.1 Å². The van der Waals surface area contributed by atoms with E-state index in [1.54, 1.807) is 49.1 Å². The van der Waals surface area contributed by atoms with Crippen molar-refractivity contribution in [2.45, 2.75) is 32.4 Å². The van der Waals surface area contributed by atoms with Crippen molar-refractivity contribution in [1.29, 1.82) is 0 Å². The molecule has 1 aliphatic rings. The maximum absolute atomic E-state index is 13.2. The topological polar surface area (TPSA) is 93.0 Å². The molecule has 0 aliphatic carbocycles. The highest BCUT2D eigenvalue weighted by molar-refractivity contribution is 6.30. The molecule has 0 N–H and O–H groups in total. The first kappa shape index (κ1) is 22.6. The second kappa shape index (κ2) is 9.34. The molecule has 31 heavy (non-hydrogen) atoms. The van der Waals surface area contributed by atoms with Gasteiger partial charge in [-0.1, -0.05) is 11.6 Å². The Labute approximate surface area is 185 Å². The van der Waals surface area contributed by atoms with E-state index in [2.05, 4.69) is 0 Å². The molecule has 1 atom stereocenters. The Morgan fingerprint density at radius 3 is 2.68 bits per heavy atom. The molecule has 8 nitrogen and oxygen atoms in total. The van der Waals surface area contributed by atoms with Crippen LogP contribution in [0.4, 0.5) is 5.69 Å². The summed E-state index contributed by atoms with van der Waals surface area (Å²) in [5, 5.41) is 11.6. The third kappa shape index (κ3) is 4.80. The monoisotopic (exact) mass is 445 g/mol. The third-order valence-corrected chi connectivity index (χ3v) is 5.70. The number of methoxy groups -OCH3 is 1. The Balaban J connectivity index is 1.77. The Morgan fingerprint density at radius 2 is 2.03 bits per heavy atom. The zero-order valence-electron chi connectivity index (χ0n) is 17.6. The van der Waals surface area contributed by atoms with Crippen LogP contribution in [0.5, 0.6) is 5.75 Å². The highest BCUT2D eigenvalue weighted by atomic mass is 35.5. The van der Waals surface area contributed by atoms with Gasteiger partial charge in [0.1, 0.15) is 11.8 Å². The van der Waals surface area contributed by atoms with Crippen molar-refractivity contribution >= 4 is 29.1 Å². The number of rotatable bonds is 6. The first-order valence-corrected chi connectivity index (χ1v) is 10.2. The maximum atomic E-state index is 13.2. The highest BCUT2D eigenvalue weighted by Crippen LogP contribution is 2.27. The van der Waals surface area contributed by atoms with Gasteiger partial charge in [-0.25, -0.2) is 0 Å². The number of amides is 2. The fourth-order valence-corrected chi connectivity index (χ4v) is 4.08. The van der Waals surface area contributed by atoms with Gasteiger partial charge in [0, 0.05) is 47.9 Å². The number of hydrogen-bond acceptors (Lipinski definition) is 5. The third-order valence-electron chi connectivity index (χ3n) is 5.47. The van der Waals surface area contributed by atoms with Crippen LogP contribution in [0.15, 0.2) is 36.4 Å². The fraction of sp³-hybridized carbons (Fsp3) is 0.364. The molecular formula is C22H24ClN3O5. The average molecular weight is 446 g/mol. The summed E-state index contributed by atoms with van der Waals surface area (Å²) in [6.07, 6.45) is 1.27. The number of carbonyl (C=O) groups excluding carboxylic acids is 2. The van der Waals surface area contributed by atoms with Gasteiger partial charge < -0.3 is 14.5 Å². The second-order valence-corrected chi connectivity index (χ2v) is 8.00. The molecule has 164 valence electrons. The molecule has 0 saturated carbocycles. The van der Waals surface area contributed by atoms with Crippen LogP contribution in [0.2, 0.25) is 5.02 Å². The van der Waals surface area contributed by atoms with Crippen molar-refractivity contribution in [3.63, 3.8) is 0 Å². The number of ether oxygens (including phenoxy) is 1. The molecule has 0 unspecified atom stereocenters. The summed E-state index contributed by atoms with van der Waals surface area (Å²) >= 11 is 6.09. The number of hydrogen-bond donors (Lipinski definition) is 0. The van der Waals surface area contributed by atoms with Crippen molar-refractivity contribution in [2.24, 2.45) is 0 Å². The van der Waals surface area contributed by atoms with Crippen LogP contribution >= 0.6 is 11.6 Å². The molecule has 1 fully saturated rings. The van der Waals surface area contributed by atoms with Crippen LogP contribution in [0.3, 0.4) is 0 Å². The second-order valence-electron chi connectivity index (χ2n) is 7.57. The van der Waals surface area contributed by atoms with Crippen LogP contribution in [0.1, 0.15) is 34.3 Å². The van der Waals surface area contributed by atoms with Crippen molar-refractivity contribution in [2.75, 3.05) is 20.7 Å². The minimum absolute atomic E-state index is 0.0409. The van der Waals surface area contributed by atoms with E-state index in [9.17, 15) is 19.7 Å². The predicted molar refractivity (Wildman–Crippen MR) is 116 cm³/mol. The molecule has 1 heterocycles. The van der Waals surface area contributed by atoms with Gasteiger partial charge in [-0.3, -0.25) is 19.7 Å². The summed E-state index contributed by atoms with van der Waals surface area (Å²) in [7, 11) is 3.23. The Morgan fingerprint density at radius 1 is 1.29 bits per heavy atom. The van der Waals surface area contributed by atoms with Crippen molar-refractivity contribution in [1.82, 2.24) is 9.80 Å². The lowest BCUT2D eigenvalue weighted by atomic mass is 10.1. The fourth-order valence-electron chi connectivity index (χ4n) is 3.88. The Bertz CT molecular complexity index is 1030. The minimum atomic E-state index is -0.585. The number of halogens is 1. The van der Waals surface area contributed by atoms with Gasteiger partial charge in [0.15, 0.2) is 0 Å². The number of nitro benzene ring substituents is 1. The first-order chi connectivity index (χ1) is 14.7. The van der Waals surface area contributed by atoms with Crippen LogP contribution < -0.4 is 4.74 Å². The van der Waals surface area contributed by atoms with E-state index in [1.165, 1.54) is 18.2 Å². The zero-order valence-corrected chi connectivity index (χ0v) is 18.4. The average Bonchev–Trinajstić information content (AvgIpc) is 3.22. The molecule has 0 aromatic heterocycles. The van der Waals surface area contributed by atoms with Gasteiger partial charge in [0.05, 0.1) is 12.0 Å². The molecule has 1 aliphatic heterocycles. The van der Waals surface area contributed by atoms with E-state index in [-0.39, 0.29) is 24.0 Å². The number of likely N-dealkylation sites (tertiary alicyclic amines) is 1. The smallest absolute Gasteiger partial charge is 0.272 e. The van der Waals surface area contributed by atoms with Crippen LogP contribution in [0, 0.1) is 17.0 Å². The summed E-state index contributed by atoms with van der Waals surface area (Å²) < 4.78 is 5.35. The molecule has 2 aromatic carbocycles. The van der Waals surface area contributed by atoms with E-state index in [0.717, 1.165) is 5.56 Å². The molecule has 1 saturated heterocycles. The highest BCUT2D eigenvalue weighted by Gasteiger charge is 2.36. The van der Waals surface area contributed by atoms with Crippen LogP contribution in [-0.2, 0) is 11.3 Å². The van der Waals surface area contributed by atoms with Gasteiger partial charge in [0.2, 0.25) is 5.91 Å². The van der Waals surface area contributed by atoms with Crippen LogP contribution in [0.25, 0.3) is 0 Å². The van der Waals surface area contributed by atoms with Crippen molar-refractivity contribution in [3.8, 4) is 5.75 Å². The summed E-state index contributed by atoms with van der Waals surface area (Å²) in [6.45, 7) is 2.34. The van der Waals surface area contributed by atoms with E-state index in [4.69, 9.17) is 16.3 Å². The lowest BCUT2D eigenvalue weighted by Gasteiger charge is -2.28. The number of aryl methyl sites for hydroxylation is 1. The zero-order chi connectivity index (χ0) is 22.7. The van der Waals surface area contributed by atoms with Gasteiger partial charge in [0.25, 0.3) is 11.6 Å². The lowest BCUT2D eigenvalue weighted by Crippen LogP contribution is -2.46. The van der Waals surface area contributed by atoms with E-state index >= 15 is 0 Å². The maximum Gasteiger partial charge on any atom is 0.272 e. The number of nitrogens with zero attached hydrogens (tertiary/aromatic N) is 3. The first-order valence-electron chi connectivity index (χ1n) is 9.86. The molecule has 2 amide bonds. The molecule has 3 rings (SSSR count). The molecule has 2 aromatic rings. The SMILES string of the molecule is COc1ccc(Cl)cc1CN(C)C(=O)[C@@H]1CCCN1C(=O)c1ccc([N+](=O)[O-])c(C)c1. The molecule has 0 radical (unpaired) electrons. The van der Waals surface area contributed by atoms with E-state index < -0.39 is 11.0 Å². The Kier molecular flexibility index (Phi) is 6.80. The van der Waals surface area contributed by atoms with Gasteiger partial charge in [-0.15, -0.1) is 0 Å². The largest absolute Gasteiger partial charge is 0.496 e. The van der Waals surface area contributed by atoms with Gasteiger partial charge in [-0.2, -0.15) is 0 Å². The van der Waals surface area contributed by atoms with E-state index in [0.29, 0.717) is 41.3 Å². The molecule has 0 bridgehead atoms. The summed E-state index contributed by atoms with van der Waals surface area (Å²) in [4.78, 5) is 39.9. The summed E-state index contributed by atoms with van der Waals surface area (Å²) in [5.41, 5.74) is 1.47.